The second-order valence-electron chi connectivity index (χ2n) is 6.52. The van der Waals surface area contributed by atoms with Gasteiger partial charge in [-0.15, -0.1) is 11.3 Å². The third-order valence-corrected chi connectivity index (χ3v) is 5.16. The van der Waals surface area contributed by atoms with Crippen LogP contribution in [0.3, 0.4) is 0 Å². The first-order valence-corrected chi connectivity index (χ1v) is 9.58. The molecule has 150 valence electrons. The summed E-state index contributed by atoms with van der Waals surface area (Å²) in [5.41, 5.74) is 2.51. The van der Waals surface area contributed by atoms with Crippen molar-refractivity contribution in [2.24, 2.45) is 7.05 Å². The van der Waals surface area contributed by atoms with Crippen molar-refractivity contribution in [1.29, 1.82) is 0 Å². The number of carbonyl (C=O) groups is 1. The van der Waals surface area contributed by atoms with Gasteiger partial charge in [-0.25, -0.2) is 23.4 Å². The van der Waals surface area contributed by atoms with Gasteiger partial charge >= 0.3 is 0 Å². The highest BCUT2D eigenvalue weighted by Gasteiger charge is 2.21. The molecular weight excluding hydrogens is 400 g/mol. The molecule has 0 spiro atoms. The first-order chi connectivity index (χ1) is 13.8. The Hall–Kier alpha value is -3.21. The molecule has 1 amide bonds. The number of pyridine rings is 1. The zero-order chi connectivity index (χ0) is 20.7. The zero-order valence-electron chi connectivity index (χ0n) is 15.8. The molecule has 0 aliphatic rings. The van der Waals surface area contributed by atoms with Crippen LogP contribution < -0.4 is 5.32 Å². The van der Waals surface area contributed by atoms with E-state index >= 15 is 0 Å². The molecule has 4 rings (SSSR count). The summed E-state index contributed by atoms with van der Waals surface area (Å²) in [6.07, 6.45) is -0.981. The summed E-state index contributed by atoms with van der Waals surface area (Å²) in [6.45, 7) is 3.10. The highest BCUT2D eigenvalue weighted by atomic mass is 32.1. The Balaban J connectivity index is 1.57. The number of rotatable bonds is 5. The fraction of sp³-hybridized carbons (Fsp3) is 0.278. The molecule has 4 aromatic rings. The topological polar surface area (TPSA) is 90.5 Å². The number of halogens is 2. The Morgan fingerprint density at radius 3 is 2.79 bits per heavy atom. The summed E-state index contributed by atoms with van der Waals surface area (Å²) < 4.78 is 29.8. The lowest BCUT2D eigenvalue weighted by Gasteiger charge is -2.06. The standard InChI is InChI=1S/C18H17F2N7OS/c1-9-6-11(16(19)20)15-10(2)25-27(17(15)22-9)7-14(28)24-18-23-12(8-29-18)13-4-5-21-26(13)3/h4-6,8,16H,7H2,1-3H3,(H,23,24,28). The van der Waals surface area contributed by atoms with Crippen LogP contribution in [0.5, 0.6) is 0 Å². The third-order valence-electron chi connectivity index (χ3n) is 4.40. The van der Waals surface area contributed by atoms with Crippen LogP contribution in [0.2, 0.25) is 0 Å². The summed E-state index contributed by atoms with van der Waals surface area (Å²) in [6, 6.07) is 3.18. The maximum Gasteiger partial charge on any atom is 0.264 e. The lowest BCUT2D eigenvalue weighted by molar-refractivity contribution is -0.116. The number of hydrogen-bond acceptors (Lipinski definition) is 6. The van der Waals surface area contributed by atoms with Gasteiger partial charge in [-0.05, 0) is 26.0 Å². The van der Waals surface area contributed by atoms with E-state index in [9.17, 15) is 13.6 Å². The third kappa shape index (κ3) is 3.60. The van der Waals surface area contributed by atoms with Crippen LogP contribution in [0, 0.1) is 13.8 Å². The van der Waals surface area contributed by atoms with Gasteiger partial charge in [-0.2, -0.15) is 10.2 Å². The van der Waals surface area contributed by atoms with Gasteiger partial charge in [0.15, 0.2) is 10.8 Å². The average molecular weight is 417 g/mol. The Bertz CT molecular complexity index is 1210. The second kappa shape index (κ2) is 7.32. The second-order valence-corrected chi connectivity index (χ2v) is 7.38. The van der Waals surface area contributed by atoms with Crippen molar-refractivity contribution in [3.63, 3.8) is 0 Å². The minimum absolute atomic E-state index is 0.127. The summed E-state index contributed by atoms with van der Waals surface area (Å²) in [5, 5.41) is 13.6. The van der Waals surface area contributed by atoms with E-state index in [0.29, 0.717) is 22.2 Å². The highest BCUT2D eigenvalue weighted by Crippen LogP contribution is 2.30. The van der Waals surface area contributed by atoms with Crippen molar-refractivity contribution in [3.8, 4) is 11.4 Å². The molecule has 8 nitrogen and oxygen atoms in total. The van der Waals surface area contributed by atoms with E-state index in [4.69, 9.17) is 0 Å². The van der Waals surface area contributed by atoms with Crippen LogP contribution >= 0.6 is 11.3 Å². The van der Waals surface area contributed by atoms with Gasteiger partial charge in [0.25, 0.3) is 6.43 Å². The van der Waals surface area contributed by atoms with Crippen LogP contribution in [0.1, 0.15) is 23.4 Å². The molecule has 0 radical (unpaired) electrons. The molecule has 0 aliphatic heterocycles. The molecule has 0 aromatic carbocycles. The molecule has 0 saturated carbocycles. The first kappa shape index (κ1) is 19.1. The summed E-state index contributed by atoms with van der Waals surface area (Å²) in [5.74, 6) is -0.373. The molecule has 1 N–H and O–H groups in total. The Kier molecular flexibility index (Phi) is 4.82. The van der Waals surface area contributed by atoms with Gasteiger partial charge in [-0.1, -0.05) is 0 Å². The van der Waals surface area contributed by atoms with Gasteiger partial charge in [0, 0.05) is 29.9 Å². The van der Waals surface area contributed by atoms with Gasteiger partial charge in [0.05, 0.1) is 16.8 Å². The number of aromatic nitrogens is 6. The van der Waals surface area contributed by atoms with Crippen LogP contribution in [0.4, 0.5) is 13.9 Å². The molecule has 0 aliphatic carbocycles. The number of nitrogens with one attached hydrogen (secondary N) is 1. The van der Waals surface area contributed by atoms with Crippen LogP contribution in [0.25, 0.3) is 22.4 Å². The van der Waals surface area contributed by atoms with E-state index in [1.807, 2.05) is 11.4 Å². The van der Waals surface area contributed by atoms with E-state index in [0.717, 1.165) is 5.69 Å². The zero-order valence-corrected chi connectivity index (χ0v) is 16.7. The summed E-state index contributed by atoms with van der Waals surface area (Å²) in [4.78, 5) is 21.2. The van der Waals surface area contributed by atoms with E-state index in [2.05, 4.69) is 25.5 Å². The number of amides is 1. The van der Waals surface area contributed by atoms with Crippen molar-refractivity contribution < 1.29 is 13.6 Å². The number of aryl methyl sites for hydroxylation is 3. The average Bonchev–Trinajstić information content (AvgIpc) is 3.34. The number of hydrogen-bond donors (Lipinski definition) is 1. The molecule has 11 heteroatoms. The van der Waals surface area contributed by atoms with Crippen molar-refractivity contribution >= 4 is 33.4 Å². The quantitative estimate of drug-likeness (QED) is 0.537. The minimum Gasteiger partial charge on any atom is -0.300 e. The van der Waals surface area contributed by atoms with Crippen molar-refractivity contribution in [3.05, 3.63) is 40.7 Å². The molecule has 4 heterocycles. The lowest BCUT2D eigenvalue weighted by Crippen LogP contribution is -2.19. The molecular formula is C18H17F2N7OS. The normalized spacial score (nSPS) is 11.5. The van der Waals surface area contributed by atoms with Crippen molar-refractivity contribution in [1.82, 2.24) is 29.5 Å². The number of fused-ring (bicyclic) bond motifs is 1. The maximum atomic E-state index is 13.4. The van der Waals surface area contributed by atoms with E-state index in [-0.39, 0.29) is 29.0 Å². The highest BCUT2D eigenvalue weighted by molar-refractivity contribution is 7.14. The molecule has 0 saturated heterocycles. The van der Waals surface area contributed by atoms with E-state index in [1.54, 1.807) is 31.8 Å². The molecule has 0 fully saturated rings. The first-order valence-electron chi connectivity index (χ1n) is 8.70. The number of thiazole rings is 1. The van der Waals surface area contributed by atoms with Crippen molar-refractivity contribution in [2.45, 2.75) is 26.8 Å². The Labute approximate surface area is 168 Å². The number of alkyl halides is 2. The van der Waals surface area contributed by atoms with Gasteiger partial charge in [-0.3, -0.25) is 9.48 Å². The van der Waals surface area contributed by atoms with Crippen LogP contribution in [0.15, 0.2) is 23.7 Å². The molecule has 0 unspecified atom stereocenters. The van der Waals surface area contributed by atoms with E-state index in [1.165, 1.54) is 22.1 Å². The Morgan fingerprint density at radius 2 is 2.10 bits per heavy atom. The lowest BCUT2D eigenvalue weighted by atomic mass is 10.1. The largest absolute Gasteiger partial charge is 0.300 e. The van der Waals surface area contributed by atoms with Crippen LogP contribution in [-0.4, -0.2) is 35.4 Å². The Morgan fingerprint density at radius 1 is 1.31 bits per heavy atom. The van der Waals surface area contributed by atoms with Gasteiger partial charge < -0.3 is 5.32 Å². The summed E-state index contributed by atoms with van der Waals surface area (Å²) >= 11 is 1.28. The fourth-order valence-electron chi connectivity index (χ4n) is 3.17. The monoisotopic (exact) mass is 417 g/mol. The SMILES string of the molecule is Cc1cc(C(F)F)c2c(C)nn(CC(=O)Nc3nc(-c4ccnn4C)cs3)c2n1. The predicted molar refractivity (Wildman–Crippen MR) is 105 cm³/mol. The fourth-order valence-corrected chi connectivity index (χ4v) is 3.89. The smallest absolute Gasteiger partial charge is 0.264 e. The van der Waals surface area contributed by atoms with Gasteiger partial charge in [0.1, 0.15) is 12.2 Å². The van der Waals surface area contributed by atoms with Gasteiger partial charge in [0.2, 0.25) is 5.91 Å². The van der Waals surface area contributed by atoms with Crippen molar-refractivity contribution in [2.75, 3.05) is 5.32 Å². The molecule has 29 heavy (non-hydrogen) atoms. The molecule has 0 atom stereocenters. The number of carbonyl (C=O) groups excluding carboxylic acids is 1. The van der Waals surface area contributed by atoms with E-state index < -0.39 is 6.43 Å². The van der Waals surface area contributed by atoms with Crippen LogP contribution in [-0.2, 0) is 18.4 Å². The number of nitrogens with zero attached hydrogens (tertiary/aromatic N) is 6. The molecule has 4 aromatic heterocycles. The minimum atomic E-state index is -2.65. The molecule has 0 bridgehead atoms. The number of anilines is 1. The summed E-state index contributed by atoms with van der Waals surface area (Å²) in [7, 11) is 1.81. The predicted octanol–water partition coefficient (Wildman–Crippen LogP) is 3.48. The maximum absolute atomic E-state index is 13.4.